The number of benzene rings is 2. The number of nitrogens with one attached hydrogen (secondary N) is 1. The minimum atomic E-state index is -0.557. The monoisotopic (exact) mass is 477 g/mol. The fraction of sp³-hybridized carbons (Fsp3) is 0.103. The quantitative estimate of drug-likeness (QED) is 0.268. The standard InChI is InChI=1S/C29H23N3O4/c1-2-36-29(35)24-17-26(27(33)21-11-10-19-7-3-4-8-20(19)15-21)32-14-12-22(16-25(24)32)28(34)31-18-23-9-5-6-13-30-23/h3-17H,2,18H2,1H3,(H,31,34). The number of rotatable bonds is 7. The third kappa shape index (κ3) is 4.46. The summed E-state index contributed by atoms with van der Waals surface area (Å²) in [5.41, 5.74) is 2.53. The number of pyridine rings is 2. The van der Waals surface area contributed by atoms with Gasteiger partial charge in [-0.1, -0.05) is 42.5 Å². The Labute approximate surface area is 207 Å². The fourth-order valence-corrected chi connectivity index (χ4v) is 4.14. The maximum Gasteiger partial charge on any atom is 0.340 e. The molecule has 0 radical (unpaired) electrons. The van der Waals surface area contributed by atoms with Crippen LogP contribution in [0, 0.1) is 0 Å². The van der Waals surface area contributed by atoms with E-state index < -0.39 is 5.97 Å². The molecule has 0 saturated heterocycles. The highest BCUT2D eigenvalue weighted by Crippen LogP contribution is 2.24. The van der Waals surface area contributed by atoms with E-state index in [4.69, 9.17) is 4.74 Å². The third-order valence-electron chi connectivity index (χ3n) is 5.93. The Morgan fingerprint density at radius 2 is 1.69 bits per heavy atom. The average Bonchev–Trinajstić information content (AvgIpc) is 3.31. The van der Waals surface area contributed by atoms with Gasteiger partial charge >= 0.3 is 5.97 Å². The van der Waals surface area contributed by atoms with Crippen LogP contribution in [0.1, 0.15) is 49.4 Å². The molecule has 0 aliphatic carbocycles. The van der Waals surface area contributed by atoms with Crippen LogP contribution < -0.4 is 5.32 Å². The summed E-state index contributed by atoms with van der Waals surface area (Å²) in [5, 5.41) is 4.81. The van der Waals surface area contributed by atoms with E-state index in [-0.39, 0.29) is 30.4 Å². The normalized spacial score (nSPS) is 10.9. The predicted molar refractivity (Wildman–Crippen MR) is 136 cm³/mol. The summed E-state index contributed by atoms with van der Waals surface area (Å²) >= 11 is 0. The van der Waals surface area contributed by atoms with Crippen molar-refractivity contribution in [3.8, 4) is 0 Å². The van der Waals surface area contributed by atoms with E-state index in [1.54, 1.807) is 48.0 Å². The van der Waals surface area contributed by atoms with Crippen molar-refractivity contribution in [1.82, 2.24) is 14.7 Å². The van der Waals surface area contributed by atoms with Crippen LogP contribution in [0.2, 0.25) is 0 Å². The van der Waals surface area contributed by atoms with Gasteiger partial charge in [0, 0.05) is 23.5 Å². The number of carbonyl (C=O) groups excluding carboxylic acids is 3. The highest BCUT2D eigenvalue weighted by atomic mass is 16.5. The summed E-state index contributed by atoms with van der Waals surface area (Å²) in [4.78, 5) is 43.3. The number of ether oxygens (including phenoxy) is 1. The zero-order chi connectivity index (χ0) is 25.1. The molecule has 5 rings (SSSR count). The van der Waals surface area contributed by atoms with Gasteiger partial charge in [0.05, 0.1) is 35.6 Å². The second-order valence-electron chi connectivity index (χ2n) is 8.23. The number of carbonyl (C=O) groups is 3. The summed E-state index contributed by atoms with van der Waals surface area (Å²) < 4.78 is 6.85. The van der Waals surface area contributed by atoms with Gasteiger partial charge in [-0.25, -0.2) is 4.79 Å². The van der Waals surface area contributed by atoms with Gasteiger partial charge in [-0.05, 0) is 54.1 Å². The third-order valence-corrected chi connectivity index (χ3v) is 5.93. The molecule has 36 heavy (non-hydrogen) atoms. The number of aromatic nitrogens is 2. The maximum absolute atomic E-state index is 13.5. The predicted octanol–water partition coefficient (Wildman–Crippen LogP) is 4.83. The number of nitrogens with zero attached hydrogens (tertiary/aromatic N) is 2. The lowest BCUT2D eigenvalue weighted by molar-refractivity contribution is 0.0528. The molecule has 3 heterocycles. The Hall–Kier alpha value is -4.78. The van der Waals surface area contributed by atoms with Crippen molar-refractivity contribution in [3.05, 3.63) is 119 Å². The average molecular weight is 478 g/mol. The number of amides is 1. The van der Waals surface area contributed by atoms with E-state index in [9.17, 15) is 14.4 Å². The lowest BCUT2D eigenvalue weighted by Crippen LogP contribution is -2.23. The molecule has 0 bridgehead atoms. The molecule has 7 nitrogen and oxygen atoms in total. The van der Waals surface area contributed by atoms with Crippen LogP contribution in [-0.4, -0.2) is 33.7 Å². The second-order valence-corrected chi connectivity index (χ2v) is 8.23. The van der Waals surface area contributed by atoms with Crippen molar-refractivity contribution in [3.63, 3.8) is 0 Å². The highest BCUT2D eigenvalue weighted by Gasteiger charge is 2.22. The minimum absolute atomic E-state index is 0.189. The molecule has 1 N–H and O–H groups in total. The van der Waals surface area contributed by atoms with Gasteiger partial charge in [0.1, 0.15) is 0 Å². The largest absolute Gasteiger partial charge is 0.462 e. The molecule has 7 heteroatoms. The molecule has 0 saturated carbocycles. The lowest BCUT2D eigenvalue weighted by Gasteiger charge is -2.08. The Morgan fingerprint density at radius 3 is 2.47 bits per heavy atom. The summed E-state index contributed by atoms with van der Waals surface area (Å²) in [6, 6.07) is 23.5. The summed E-state index contributed by atoms with van der Waals surface area (Å²) in [6.07, 6.45) is 3.29. The minimum Gasteiger partial charge on any atom is -0.462 e. The Balaban J connectivity index is 1.52. The zero-order valence-electron chi connectivity index (χ0n) is 19.6. The second kappa shape index (κ2) is 9.84. The van der Waals surface area contributed by atoms with E-state index in [0.717, 1.165) is 16.5 Å². The Bertz CT molecular complexity index is 1610. The van der Waals surface area contributed by atoms with Gasteiger partial charge in [0.2, 0.25) is 5.78 Å². The zero-order valence-corrected chi connectivity index (χ0v) is 19.6. The van der Waals surface area contributed by atoms with Crippen molar-refractivity contribution in [1.29, 1.82) is 0 Å². The molecule has 2 aromatic carbocycles. The molecule has 0 aliphatic heterocycles. The number of esters is 1. The van der Waals surface area contributed by atoms with Crippen LogP contribution in [0.25, 0.3) is 16.3 Å². The van der Waals surface area contributed by atoms with Crippen LogP contribution in [0.4, 0.5) is 0 Å². The first kappa shape index (κ1) is 23.0. The topological polar surface area (TPSA) is 89.8 Å². The van der Waals surface area contributed by atoms with Crippen LogP contribution in [0.3, 0.4) is 0 Å². The first-order valence-corrected chi connectivity index (χ1v) is 11.6. The van der Waals surface area contributed by atoms with Crippen molar-refractivity contribution in [2.75, 3.05) is 6.61 Å². The van der Waals surface area contributed by atoms with E-state index in [2.05, 4.69) is 10.3 Å². The molecule has 178 valence electrons. The number of fused-ring (bicyclic) bond motifs is 2. The summed E-state index contributed by atoms with van der Waals surface area (Å²) in [6.45, 7) is 2.17. The lowest BCUT2D eigenvalue weighted by atomic mass is 10.0. The van der Waals surface area contributed by atoms with E-state index in [1.165, 1.54) is 6.07 Å². The van der Waals surface area contributed by atoms with Crippen molar-refractivity contribution < 1.29 is 19.1 Å². The number of ketones is 1. The van der Waals surface area contributed by atoms with Gasteiger partial charge in [-0.15, -0.1) is 0 Å². The molecular formula is C29H23N3O4. The van der Waals surface area contributed by atoms with Crippen molar-refractivity contribution in [2.24, 2.45) is 0 Å². The molecule has 0 spiro atoms. The van der Waals surface area contributed by atoms with Crippen molar-refractivity contribution >= 4 is 33.9 Å². The first-order chi connectivity index (χ1) is 17.5. The van der Waals surface area contributed by atoms with Crippen molar-refractivity contribution in [2.45, 2.75) is 13.5 Å². The molecule has 0 unspecified atom stereocenters. The SMILES string of the molecule is CCOC(=O)c1cc(C(=O)c2ccc3ccccc3c2)n2ccc(C(=O)NCc3ccccn3)cc12. The molecule has 0 aliphatic rings. The van der Waals surface area contributed by atoms with Crippen LogP contribution in [0.5, 0.6) is 0 Å². The molecule has 5 aromatic rings. The smallest absolute Gasteiger partial charge is 0.340 e. The summed E-state index contributed by atoms with van der Waals surface area (Å²) in [7, 11) is 0. The summed E-state index contributed by atoms with van der Waals surface area (Å²) in [5.74, 6) is -1.11. The van der Waals surface area contributed by atoms with Crippen LogP contribution in [0.15, 0.2) is 91.3 Å². The van der Waals surface area contributed by atoms with E-state index >= 15 is 0 Å². The number of hydrogen-bond donors (Lipinski definition) is 1. The Kier molecular flexibility index (Phi) is 6.28. The molecular weight excluding hydrogens is 454 g/mol. The van der Waals surface area contributed by atoms with E-state index in [0.29, 0.717) is 22.3 Å². The maximum atomic E-state index is 13.5. The molecule has 0 fully saturated rings. The highest BCUT2D eigenvalue weighted by molar-refractivity contribution is 6.13. The Morgan fingerprint density at radius 1 is 0.889 bits per heavy atom. The fourth-order valence-electron chi connectivity index (χ4n) is 4.14. The number of hydrogen-bond acceptors (Lipinski definition) is 5. The van der Waals surface area contributed by atoms with Gasteiger partial charge < -0.3 is 14.5 Å². The van der Waals surface area contributed by atoms with Gasteiger partial charge in [-0.3, -0.25) is 14.6 Å². The molecule has 0 atom stereocenters. The van der Waals surface area contributed by atoms with E-state index in [1.807, 2.05) is 48.5 Å². The van der Waals surface area contributed by atoms with Gasteiger partial charge in [0.25, 0.3) is 5.91 Å². The molecule has 3 aromatic heterocycles. The van der Waals surface area contributed by atoms with Crippen LogP contribution in [-0.2, 0) is 11.3 Å². The molecule has 1 amide bonds. The van der Waals surface area contributed by atoms with Gasteiger partial charge in [0.15, 0.2) is 0 Å². The van der Waals surface area contributed by atoms with Gasteiger partial charge in [-0.2, -0.15) is 0 Å². The van der Waals surface area contributed by atoms with Crippen LogP contribution >= 0.6 is 0 Å². The first-order valence-electron chi connectivity index (χ1n) is 11.6.